The molecule has 0 atom stereocenters. The molecule has 0 radical (unpaired) electrons. The molecule has 6 heteroatoms. The summed E-state index contributed by atoms with van der Waals surface area (Å²) in [5.74, 6) is -0.444. The molecule has 0 saturated heterocycles. The minimum Gasteiger partial charge on any atom is -0.483 e. The number of ketones is 1. The van der Waals surface area contributed by atoms with Gasteiger partial charge in [-0.3, -0.25) is 4.79 Å². The molecule has 0 aromatic heterocycles. The van der Waals surface area contributed by atoms with Crippen molar-refractivity contribution in [3.05, 3.63) is 52.5 Å². The van der Waals surface area contributed by atoms with Gasteiger partial charge in [-0.25, -0.2) is 0 Å². The summed E-state index contributed by atoms with van der Waals surface area (Å²) in [5.41, 5.74) is 2.57. The smallest absolute Gasteiger partial charge is 0.422 e. The fraction of sp³-hybridized carbons (Fsp3) is 0.235. The highest BCUT2D eigenvalue weighted by atomic mass is 35.5. The maximum atomic E-state index is 12.3. The number of ether oxygens (including phenoxy) is 1. The second-order valence-corrected chi connectivity index (χ2v) is 5.57. The second-order valence-electron chi connectivity index (χ2n) is 5.13. The molecular formula is C17H14ClF3O2. The Hall–Kier alpha value is -2.01. The Morgan fingerprint density at radius 1 is 1.17 bits per heavy atom. The Morgan fingerprint density at radius 2 is 1.87 bits per heavy atom. The van der Waals surface area contributed by atoms with E-state index in [-0.39, 0.29) is 17.1 Å². The fourth-order valence-electron chi connectivity index (χ4n) is 2.21. The Bertz CT molecular complexity index is 739. The van der Waals surface area contributed by atoms with Crippen LogP contribution in [0.15, 0.2) is 36.4 Å². The van der Waals surface area contributed by atoms with Gasteiger partial charge in [-0.2, -0.15) is 13.2 Å². The number of hydrogen-bond acceptors (Lipinski definition) is 2. The number of hydrogen-bond donors (Lipinski definition) is 0. The summed E-state index contributed by atoms with van der Waals surface area (Å²) in [4.78, 5) is 11.7. The molecule has 0 aliphatic rings. The molecule has 0 saturated carbocycles. The van der Waals surface area contributed by atoms with Crippen LogP contribution in [0.1, 0.15) is 22.8 Å². The number of Topliss-reactive ketones (excluding diaryl/α,β-unsaturated/α-hetero) is 1. The zero-order valence-electron chi connectivity index (χ0n) is 12.5. The number of benzene rings is 2. The van der Waals surface area contributed by atoms with Crippen LogP contribution >= 0.6 is 11.6 Å². The van der Waals surface area contributed by atoms with Crippen molar-refractivity contribution < 1.29 is 22.7 Å². The van der Waals surface area contributed by atoms with Gasteiger partial charge in [-0.1, -0.05) is 23.7 Å². The van der Waals surface area contributed by atoms with Gasteiger partial charge in [0.2, 0.25) is 0 Å². The predicted molar refractivity (Wildman–Crippen MR) is 83.2 cm³/mol. The van der Waals surface area contributed by atoms with Crippen molar-refractivity contribution in [2.75, 3.05) is 6.61 Å². The van der Waals surface area contributed by atoms with Crippen LogP contribution in [0.2, 0.25) is 5.02 Å². The van der Waals surface area contributed by atoms with Crippen molar-refractivity contribution in [2.45, 2.75) is 20.0 Å². The molecule has 0 heterocycles. The molecule has 0 unspecified atom stereocenters. The molecule has 0 spiro atoms. The van der Waals surface area contributed by atoms with Gasteiger partial charge in [0.25, 0.3) is 0 Å². The summed E-state index contributed by atoms with van der Waals surface area (Å²) < 4.78 is 41.6. The first-order chi connectivity index (χ1) is 10.7. The monoisotopic (exact) mass is 342 g/mol. The van der Waals surface area contributed by atoms with Crippen molar-refractivity contribution >= 4 is 17.4 Å². The van der Waals surface area contributed by atoms with Crippen LogP contribution in [0, 0.1) is 6.92 Å². The molecule has 2 rings (SSSR count). The third-order valence-corrected chi connectivity index (χ3v) is 3.48. The molecule has 0 aliphatic carbocycles. The minimum absolute atomic E-state index is 0.0785. The van der Waals surface area contributed by atoms with E-state index < -0.39 is 12.8 Å². The third-order valence-electron chi connectivity index (χ3n) is 3.25. The van der Waals surface area contributed by atoms with Crippen LogP contribution < -0.4 is 4.74 Å². The van der Waals surface area contributed by atoms with Gasteiger partial charge in [0, 0.05) is 5.02 Å². The molecule has 2 aromatic rings. The van der Waals surface area contributed by atoms with Crippen LogP contribution in [0.5, 0.6) is 5.75 Å². The van der Waals surface area contributed by atoms with Crippen molar-refractivity contribution in [3.8, 4) is 16.9 Å². The van der Waals surface area contributed by atoms with Gasteiger partial charge in [0.05, 0.1) is 5.56 Å². The molecule has 23 heavy (non-hydrogen) atoms. The third kappa shape index (κ3) is 4.48. The lowest BCUT2D eigenvalue weighted by molar-refractivity contribution is -0.153. The van der Waals surface area contributed by atoms with Crippen molar-refractivity contribution in [1.82, 2.24) is 0 Å². The van der Waals surface area contributed by atoms with E-state index in [4.69, 9.17) is 16.3 Å². The van der Waals surface area contributed by atoms with E-state index >= 15 is 0 Å². The lowest BCUT2D eigenvalue weighted by Gasteiger charge is -2.14. The Kier molecular flexibility index (Phi) is 5.00. The number of carbonyl (C=O) groups is 1. The zero-order valence-corrected chi connectivity index (χ0v) is 13.3. The first-order valence-electron chi connectivity index (χ1n) is 6.78. The van der Waals surface area contributed by atoms with Gasteiger partial charge in [0.1, 0.15) is 5.75 Å². The molecule has 2 nitrogen and oxygen atoms in total. The van der Waals surface area contributed by atoms with Crippen molar-refractivity contribution in [3.63, 3.8) is 0 Å². The van der Waals surface area contributed by atoms with Gasteiger partial charge in [-0.05, 0) is 54.8 Å². The van der Waals surface area contributed by atoms with E-state index in [2.05, 4.69) is 0 Å². The fourth-order valence-corrected chi connectivity index (χ4v) is 2.44. The number of carbonyl (C=O) groups excluding carboxylic acids is 1. The van der Waals surface area contributed by atoms with Crippen LogP contribution in [0.25, 0.3) is 11.1 Å². The summed E-state index contributed by atoms with van der Waals surface area (Å²) in [7, 11) is 0. The molecule has 0 fully saturated rings. The largest absolute Gasteiger partial charge is 0.483 e. The molecule has 0 amide bonds. The van der Waals surface area contributed by atoms with E-state index in [9.17, 15) is 18.0 Å². The van der Waals surface area contributed by atoms with E-state index in [1.54, 1.807) is 24.3 Å². The summed E-state index contributed by atoms with van der Waals surface area (Å²) in [6.07, 6.45) is -4.46. The Morgan fingerprint density at radius 3 is 2.43 bits per heavy atom. The summed E-state index contributed by atoms with van der Waals surface area (Å²) >= 11 is 5.91. The number of alkyl halides is 3. The predicted octanol–water partition coefficient (Wildman–Crippen LogP) is 5.46. The molecule has 2 aromatic carbocycles. The summed E-state index contributed by atoms with van der Waals surface area (Å²) in [5, 5.41) is 0.586. The Balaban J connectivity index is 2.41. The molecule has 0 aliphatic heterocycles. The quantitative estimate of drug-likeness (QED) is 0.690. The minimum atomic E-state index is -4.46. The SMILES string of the molecule is CC(=O)c1cc(-c2ccc(Cl)cc2C)ccc1OCC(F)(F)F. The van der Waals surface area contributed by atoms with Crippen LogP contribution in [0.3, 0.4) is 0 Å². The van der Waals surface area contributed by atoms with Crippen LogP contribution in [-0.2, 0) is 0 Å². The lowest BCUT2D eigenvalue weighted by atomic mass is 9.97. The molecule has 0 N–H and O–H groups in total. The van der Waals surface area contributed by atoms with Gasteiger partial charge >= 0.3 is 6.18 Å². The second kappa shape index (κ2) is 6.62. The highest BCUT2D eigenvalue weighted by Gasteiger charge is 2.29. The van der Waals surface area contributed by atoms with E-state index in [1.165, 1.54) is 19.1 Å². The highest BCUT2D eigenvalue weighted by molar-refractivity contribution is 6.30. The topological polar surface area (TPSA) is 26.3 Å². The molecule has 0 bridgehead atoms. The highest BCUT2D eigenvalue weighted by Crippen LogP contribution is 2.31. The lowest BCUT2D eigenvalue weighted by Crippen LogP contribution is -2.20. The average Bonchev–Trinajstić information content (AvgIpc) is 2.44. The first kappa shape index (κ1) is 17.3. The van der Waals surface area contributed by atoms with Crippen molar-refractivity contribution in [2.24, 2.45) is 0 Å². The van der Waals surface area contributed by atoms with E-state index in [0.717, 1.165) is 11.1 Å². The van der Waals surface area contributed by atoms with Gasteiger partial charge in [0.15, 0.2) is 12.4 Å². The maximum Gasteiger partial charge on any atom is 0.422 e. The van der Waals surface area contributed by atoms with Crippen LogP contribution in [-0.4, -0.2) is 18.6 Å². The number of aryl methyl sites for hydroxylation is 1. The average molecular weight is 343 g/mol. The van der Waals surface area contributed by atoms with Crippen molar-refractivity contribution in [1.29, 1.82) is 0 Å². The number of rotatable bonds is 4. The normalized spacial score (nSPS) is 11.4. The van der Waals surface area contributed by atoms with Gasteiger partial charge in [-0.15, -0.1) is 0 Å². The summed E-state index contributed by atoms with van der Waals surface area (Å²) in [6, 6.07) is 9.82. The van der Waals surface area contributed by atoms with Gasteiger partial charge < -0.3 is 4.74 Å². The molecule has 122 valence electrons. The van der Waals surface area contributed by atoms with E-state index in [0.29, 0.717) is 10.6 Å². The summed E-state index contributed by atoms with van der Waals surface area (Å²) in [6.45, 7) is 1.71. The van der Waals surface area contributed by atoms with Crippen LogP contribution in [0.4, 0.5) is 13.2 Å². The van der Waals surface area contributed by atoms with E-state index in [1.807, 2.05) is 6.92 Å². The number of halogens is 4. The zero-order chi connectivity index (χ0) is 17.2. The first-order valence-corrected chi connectivity index (χ1v) is 7.16. The Labute approximate surface area is 136 Å². The standard InChI is InChI=1S/C17H14ClF3O2/c1-10-7-13(18)4-5-14(10)12-3-6-16(15(8-12)11(2)22)23-9-17(19,20)21/h3-8H,9H2,1-2H3. The maximum absolute atomic E-state index is 12.3. The molecular weight excluding hydrogens is 329 g/mol.